The average Bonchev–Trinajstić information content (AvgIpc) is 3.61. The lowest BCUT2D eigenvalue weighted by Crippen LogP contribution is -2.53. The van der Waals surface area contributed by atoms with Gasteiger partial charge in [0.25, 0.3) is 0 Å². The van der Waals surface area contributed by atoms with E-state index in [0.29, 0.717) is 37.3 Å². The van der Waals surface area contributed by atoms with Crippen LogP contribution in [0.1, 0.15) is 51.3 Å². The minimum atomic E-state index is -0.651. The standard InChI is InChI=1S/C28H30ClN5O3/c1-28(16-22(17-28)37-27(36)31-20-10-11-20)26(35)34(21-7-3-2-4-8-21)18-25-32-23-15-19(29)9-12-24(23)33(25)14-6-5-13-30/h2-4,7-9,12,15,20,22H,5-6,10-11,14,16-18H2,1H3,(H,31,36). The molecule has 1 aromatic heterocycles. The number of nitriles is 1. The third-order valence-corrected chi connectivity index (χ3v) is 7.35. The number of carbonyl (C=O) groups excluding carboxylic acids is 2. The summed E-state index contributed by atoms with van der Waals surface area (Å²) in [6.45, 7) is 2.81. The van der Waals surface area contributed by atoms with Crippen molar-refractivity contribution in [1.29, 1.82) is 5.26 Å². The van der Waals surface area contributed by atoms with Crippen molar-refractivity contribution in [2.24, 2.45) is 5.41 Å². The Morgan fingerprint density at radius 2 is 2.00 bits per heavy atom. The van der Waals surface area contributed by atoms with Gasteiger partial charge in [0.2, 0.25) is 5.91 Å². The van der Waals surface area contributed by atoms with E-state index in [9.17, 15) is 9.59 Å². The van der Waals surface area contributed by atoms with Crippen LogP contribution in [0.4, 0.5) is 10.5 Å². The van der Waals surface area contributed by atoms with Crippen molar-refractivity contribution < 1.29 is 14.3 Å². The molecule has 2 aliphatic rings. The highest BCUT2D eigenvalue weighted by molar-refractivity contribution is 6.31. The number of unbranched alkanes of at least 4 members (excludes halogenated alkanes) is 1. The second-order valence-electron chi connectivity index (χ2n) is 10.2. The number of halogens is 1. The second-order valence-corrected chi connectivity index (χ2v) is 10.7. The van der Waals surface area contributed by atoms with Gasteiger partial charge in [-0.25, -0.2) is 9.78 Å². The van der Waals surface area contributed by atoms with Crippen LogP contribution in [0.25, 0.3) is 11.0 Å². The lowest BCUT2D eigenvalue weighted by Gasteiger charge is -2.45. The van der Waals surface area contributed by atoms with E-state index in [4.69, 9.17) is 26.6 Å². The average molecular weight is 520 g/mol. The lowest BCUT2D eigenvalue weighted by molar-refractivity contribution is -0.139. The highest BCUT2D eigenvalue weighted by Gasteiger charge is 2.50. The molecule has 2 saturated carbocycles. The number of aryl methyl sites for hydroxylation is 1. The zero-order valence-corrected chi connectivity index (χ0v) is 21.6. The molecular formula is C28H30ClN5O3. The van der Waals surface area contributed by atoms with Crippen molar-refractivity contribution in [3.05, 3.63) is 59.4 Å². The van der Waals surface area contributed by atoms with Crippen LogP contribution in [0.5, 0.6) is 0 Å². The van der Waals surface area contributed by atoms with Crippen molar-refractivity contribution in [3.8, 4) is 6.07 Å². The fraction of sp³-hybridized carbons (Fsp3) is 0.429. The summed E-state index contributed by atoms with van der Waals surface area (Å²) in [5.74, 6) is 0.696. The van der Waals surface area contributed by atoms with Gasteiger partial charge in [-0.15, -0.1) is 0 Å². The van der Waals surface area contributed by atoms with Crippen molar-refractivity contribution in [2.45, 2.75) is 70.7 Å². The summed E-state index contributed by atoms with van der Waals surface area (Å²) in [5.41, 5.74) is 1.80. The van der Waals surface area contributed by atoms with Gasteiger partial charge in [0.1, 0.15) is 11.9 Å². The molecule has 0 atom stereocenters. The summed E-state index contributed by atoms with van der Waals surface area (Å²) in [7, 11) is 0. The Hall–Kier alpha value is -3.57. The van der Waals surface area contributed by atoms with Crippen LogP contribution in [-0.4, -0.2) is 33.7 Å². The molecule has 2 fully saturated rings. The molecule has 0 unspecified atom stereocenters. The minimum absolute atomic E-state index is 0.0326. The van der Waals surface area contributed by atoms with Crippen LogP contribution in [-0.2, 0) is 22.6 Å². The van der Waals surface area contributed by atoms with Crippen molar-refractivity contribution >= 4 is 40.3 Å². The Labute approximate surface area is 221 Å². The normalized spacial score (nSPS) is 20.6. The molecule has 9 heteroatoms. The van der Waals surface area contributed by atoms with E-state index in [1.165, 1.54) is 0 Å². The van der Waals surface area contributed by atoms with Crippen LogP contribution in [0.2, 0.25) is 5.02 Å². The number of nitrogens with zero attached hydrogens (tertiary/aromatic N) is 4. The third kappa shape index (κ3) is 5.57. The number of hydrogen-bond acceptors (Lipinski definition) is 5. The fourth-order valence-electron chi connectivity index (χ4n) is 4.98. The number of anilines is 1. The molecule has 2 aliphatic carbocycles. The number of hydrogen-bond donors (Lipinski definition) is 1. The van der Waals surface area contributed by atoms with Gasteiger partial charge in [-0.2, -0.15) is 5.26 Å². The number of aromatic nitrogens is 2. The zero-order valence-electron chi connectivity index (χ0n) is 20.8. The molecule has 5 rings (SSSR count). The first kappa shape index (κ1) is 25.1. The molecule has 0 bridgehead atoms. The number of alkyl carbamates (subject to hydrolysis) is 1. The smallest absolute Gasteiger partial charge is 0.407 e. The van der Waals surface area contributed by atoms with Crippen LogP contribution >= 0.6 is 11.6 Å². The summed E-state index contributed by atoms with van der Waals surface area (Å²) in [6, 6.07) is 17.6. The molecule has 2 aromatic carbocycles. The number of para-hydroxylation sites is 1. The largest absolute Gasteiger partial charge is 0.446 e. The number of fused-ring (bicyclic) bond motifs is 1. The Morgan fingerprint density at radius 3 is 2.70 bits per heavy atom. The van der Waals surface area contributed by atoms with Gasteiger partial charge in [0.05, 0.1) is 29.1 Å². The quantitative estimate of drug-likeness (QED) is 0.372. The molecule has 1 N–H and O–H groups in total. The molecule has 0 radical (unpaired) electrons. The first-order valence-corrected chi connectivity index (χ1v) is 13.1. The van der Waals surface area contributed by atoms with E-state index in [-0.39, 0.29) is 24.6 Å². The molecule has 0 saturated heterocycles. The molecular weight excluding hydrogens is 490 g/mol. The number of imidazole rings is 1. The van der Waals surface area contributed by atoms with Crippen molar-refractivity contribution in [3.63, 3.8) is 0 Å². The third-order valence-electron chi connectivity index (χ3n) is 7.12. The Morgan fingerprint density at radius 1 is 1.24 bits per heavy atom. The maximum atomic E-state index is 14.0. The maximum Gasteiger partial charge on any atom is 0.407 e. The van der Waals surface area contributed by atoms with Crippen LogP contribution in [0.3, 0.4) is 0 Å². The predicted molar refractivity (Wildman–Crippen MR) is 141 cm³/mol. The van der Waals surface area contributed by atoms with Crippen LogP contribution in [0.15, 0.2) is 48.5 Å². The SMILES string of the molecule is CC1(C(=O)N(Cc2nc3cc(Cl)ccc3n2CCCC#N)c2ccccc2)CC(OC(=O)NC2CC2)C1. The van der Waals surface area contributed by atoms with Crippen LogP contribution in [0, 0.1) is 16.7 Å². The Kier molecular flexibility index (Phi) is 7.07. The van der Waals surface area contributed by atoms with Crippen LogP contribution < -0.4 is 10.2 Å². The van der Waals surface area contributed by atoms with Gasteiger partial charge < -0.3 is 19.5 Å². The summed E-state index contributed by atoms with van der Waals surface area (Å²) < 4.78 is 7.61. The molecule has 37 heavy (non-hydrogen) atoms. The number of benzene rings is 2. The number of ether oxygens (including phenoxy) is 1. The van der Waals surface area contributed by atoms with Gasteiger partial charge in [-0.3, -0.25) is 4.79 Å². The highest BCUT2D eigenvalue weighted by atomic mass is 35.5. The van der Waals surface area contributed by atoms with Gasteiger partial charge in [-0.05, 0) is 62.4 Å². The van der Waals surface area contributed by atoms with Crippen molar-refractivity contribution in [1.82, 2.24) is 14.9 Å². The molecule has 1 heterocycles. The summed E-state index contributed by atoms with van der Waals surface area (Å²) in [4.78, 5) is 32.6. The van der Waals surface area contributed by atoms with E-state index in [0.717, 1.165) is 35.4 Å². The lowest BCUT2D eigenvalue weighted by atomic mass is 9.67. The number of carbonyl (C=O) groups is 2. The fourth-order valence-corrected chi connectivity index (χ4v) is 5.14. The zero-order chi connectivity index (χ0) is 26.0. The Balaban J connectivity index is 1.39. The molecule has 8 nitrogen and oxygen atoms in total. The van der Waals surface area contributed by atoms with Gasteiger partial charge in [-0.1, -0.05) is 36.7 Å². The van der Waals surface area contributed by atoms with E-state index in [1.54, 1.807) is 4.90 Å². The topological polar surface area (TPSA) is 100 Å². The molecule has 2 amide bonds. The summed E-state index contributed by atoms with van der Waals surface area (Å²) in [5, 5.41) is 12.5. The Bertz CT molecular complexity index is 1340. The van der Waals surface area contributed by atoms with E-state index in [1.807, 2.05) is 55.5 Å². The maximum absolute atomic E-state index is 14.0. The molecule has 3 aromatic rings. The van der Waals surface area contributed by atoms with E-state index in [2.05, 4.69) is 16.0 Å². The first-order valence-electron chi connectivity index (χ1n) is 12.7. The minimum Gasteiger partial charge on any atom is -0.446 e. The number of amides is 2. The summed E-state index contributed by atoms with van der Waals surface area (Å²) >= 11 is 6.23. The highest BCUT2D eigenvalue weighted by Crippen LogP contribution is 2.45. The molecule has 192 valence electrons. The van der Waals surface area contributed by atoms with Crippen molar-refractivity contribution in [2.75, 3.05) is 4.90 Å². The monoisotopic (exact) mass is 519 g/mol. The second kappa shape index (κ2) is 10.4. The first-order chi connectivity index (χ1) is 17.9. The molecule has 0 aliphatic heterocycles. The van der Waals surface area contributed by atoms with E-state index < -0.39 is 11.5 Å². The molecule has 0 spiro atoms. The van der Waals surface area contributed by atoms with Gasteiger partial charge in [0, 0.05) is 29.7 Å². The van der Waals surface area contributed by atoms with Gasteiger partial charge in [0.15, 0.2) is 0 Å². The number of rotatable bonds is 9. The predicted octanol–water partition coefficient (Wildman–Crippen LogP) is 5.58. The van der Waals surface area contributed by atoms with Gasteiger partial charge >= 0.3 is 6.09 Å². The summed E-state index contributed by atoms with van der Waals surface area (Å²) in [6.07, 6.45) is 3.38. The number of nitrogens with one attached hydrogen (secondary N) is 1. The van der Waals surface area contributed by atoms with E-state index >= 15 is 0 Å².